The molecule has 0 radical (unpaired) electrons. The number of hydrogen-bond acceptors (Lipinski definition) is 3. The first-order valence-electron chi connectivity index (χ1n) is 6.27. The Hall–Kier alpha value is -2.64. The zero-order valence-corrected chi connectivity index (χ0v) is 11.5. The number of anilines is 1. The molecule has 116 valence electrons. The molecule has 1 amide bonds. The molecule has 1 heterocycles. The number of carbonyl (C=O) groups excluding carboxylic acids is 1. The number of nitrogens with one attached hydrogen (secondary N) is 1. The molecule has 0 aliphatic heterocycles. The molecule has 0 saturated heterocycles. The second-order valence-corrected chi connectivity index (χ2v) is 4.59. The molecule has 2 rings (SSSR count). The van der Waals surface area contributed by atoms with Gasteiger partial charge in [0, 0.05) is 11.8 Å². The van der Waals surface area contributed by atoms with Gasteiger partial charge in [-0.05, 0) is 37.3 Å². The summed E-state index contributed by atoms with van der Waals surface area (Å²) in [7, 11) is 0. The zero-order valence-electron chi connectivity index (χ0n) is 11.5. The molecule has 0 aliphatic rings. The van der Waals surface area contributed by atoms with Gasteiger partial charge in [-0.25, -0.2) is 4.68 Å². The molecule has 0 bridgehead atoms. The van der Waals surface area contributed by atoms with Crippen LogP contribution in [0.3, 0.4) is 0 Å². The molecule has 0 saturated carbocycles. The summed E-state index contributed by atoms with van der Waals surface area (Å²) < 4.78 is 38.2. The van der Waals surface area contributed by atoms with E-state index in [-0.39, 0.29) is 12.2 Å². The third kappa shape index (κ3) is 3.94. The third-order valence-corrected chi connectivity index (χ3v) is 2.79. The highest BCUT2D eigenvalue weighted by Gasteiger charge is 2.29. The van der Waals surface area contributed by atoms with Crippen molar-refractivity contribution in [2.45, 2.75) is 19.6 Å². The summed E-state index contributed by atoms with van der Waals surface area (Å²) in [6.45, 7) is 1.35. The van der Waals surface area contributed by atoms with Crippen molar-refractivity contribution in [3.8, 4) is 0 Å². The van der Waals surface area contributed by atoms with E-state index in [2.05, 4.69) is 10.4 Å². The van der Waals surface area contributed by atoms with Gasteiger partial charge in [0.05, 0.1) is 11.3 Å². The van der Waals surface area contributed by atoms with Gasteiger partial charge < -0.3 is 5.32 Å². The predicted octanol–water partition coefficient (Wildman–Crippen LogP) is 2.21. The van der Waals surface area contributed by atoms with E-state index in [0.717, 1.165) is 28.9 Å². The molecule has 22 heavy (non-hydrogen) atoms. The quantitative estimate of drug-likeness (QED) is 0.945. The number of rotatable bonds is 3. The Morgan fingerprint density at radius 1 is 1.18 bits per heavy atom. The molecule has 1 aromatic carbocycles. The Balaban J connectivity index is 2.06. The van der Waals surface area contributed by atoms with Gasteiger partial charge in [-0.15, -0.1) is 0 Å². The van der Waals surface area contributed by atoms with Crippen LogP contribution in [-0.2, 0) is 17.5 Å². The average Bonchev–Trinajstić information content (AvgIpc) is 2.42. The molecule has 1 N–H and O–H groups in total. The molecule has 1 aromatic heterocycles. The average molecular weight is 311 g/mol. The first kappa shape index (κ1) is 15.7. The number of aryl methyl sites for hydroxylation is 1. The van der Waals surface area contributed by atoms with Gasteiger partial charge in [0.1, 0.15) is 6.54 Å². The fourth-order valence-corrected chi connectivity index (χ4v) is 1.74. The van der Waals surface area contributed by atoms with Crippen molar-refractivity contribution >= 4 is 11.6 Å². The van der Waals surface area contributed by atoms with E-state index in [4.69, 9.17) is 0 Å². The highest BCUT2D eigenvalue weighted by molar-refractivity contribution is 5.90. The monoisotopic (exact) mass is 311 g/mol. The summed E-state index contributed by atoms with van der Waals surface area (Å²) in [6.07, 6.45) is -4.43. The highest BCUT2D eigenvalue weighted by atomic mass is 19.4. The number of alkyl halides is 3. The SMILES string of the molecule is Cc1ccc(=O)n(CC(=O)Nc2ccc(C(F)(F)F)cc2)n1. The van der Waals surface area contributed by atoms with Crippen LogP contribution in [0.1, 0.15) is 11.3 Å². The maximum atomic E-state index is 12.4. The van der Waals surface area contributed by atoms with Gasteiger partial charge in [-0.2, -0.15) is 18.3 Å². The second-order valence-electron chi connectivity index (χ2n) is 4.59. The molecule has 0 spiro atoms. The minimum atomic E-state index is -4.43. The van der Waals surface area contributed by atoms with E-state index in [9.17, 15) is 22.8 Å². The van der Waals surface area contributed by atoms with Gasteiger partial charge in [0.2, 0.25) is 5.91 Å². The minimum absolute atomic E-state index is 0.207. The van der Waals surface area contributed by atoms with E-state index in [1.165, 1.54) is 12.1 Å². The molecular formula is C14H12F3N3O2. The van der Waals surface area contributed by atoms with Crippen LogP contribution in [0.2, 0.25) is 0 Å². The number of hydrogen-bond donors (Lipinski definition) is 1. The smallest absolute Gasteiger partial charge is 0.324 e. The lowest BCUT2D eigenvalue weighted by atomic mass is 10.2. The van der Waals surface area contributed by atoms with Crippen LogP contribution < -0.4 is 10.9 Å². The van der Waals surface area contributed by atoms with E-state index in [1.54, 1.807) is 6.92 Å². The number of benzene rings is 1. The summed E-state index contributed by atoms with van der Waals surface area (Å²) in [6, 6.07) is 6.83. The largest absolute Gasteiger partial charge is 0.416 e. The summed E-state index contributed by atoms with van der Waals surface area (Å²) in [5, 5.41) is 6.31. The summed E-state index contributed by atoms with van der Waals surface area (Å²) in [5.74, 6) is -0.556. The fourth-order valence-electron chi connectivity index (χ4n) is 1.74. The van der Waals surface area contributed by atoms with Crippen molar-refractivity contribution in [1.29, 1.82) is 0 Å². The number of amides is 1. The van der Waals surface area contributed by atoms with Crippen LogP contribution in [0, 0.1) is 6.92 Å². The van der Waals surface area contributed by atoms with Crippen molar-refractivity contribution in [2.75, 3.05) is 5.32 Å². The maximum Gasteiger partial charge on any atom is 0.416 e. The Morgan fingerprint density at radius 2 is 1.82 bits per heavy atom. The van der Waals surface area contributed by atoms with Gasteiger partial charge in [-0.1, -0.05) is 0 Å². The third-order valence-electron chi connectivity index (χ3n) is 2.79. The molecule has 2 aromatic rings. The Labute approximate surface area is 123 Å². The van der Waals surface area contributed by atoms with Crippen molar-refractivity contribution in [1.82, 2.24) is 9.78 Å². The number of nitrogens with zero attached hydrogens (tertiary/aromatic N) is 2. The number of carbonyl (C=O) groups is 1. The van der Waals surface area contributed by atoms with Crippen molar-refractivity contribution in [3.63, 3.8) is 0 Å². The minimum Gasteiger partial charge on any atom is -0.324 e. The first-order valence-corrected chi connectivity index (χ1v) is 6.27. The standard InChI is InChI=1S/C14H12F3N3O2/c1-9-2-7-13(22)20(19-9)8-12(21)18-11-5-3-10(4-6-11)14(15,16)17/h2-7H,8H2,1H3,(H,18,21). The van der Waals surface area contributed by atoms with Gasteiger partial charge >= 0.3 is 6.18 Å². The van der Waals surface area contributed by atoms with Crippen LogP contribution in [0.25, 0.3) is 0 Å². The maximum absolute atomic E-state index is 12.4. The van der Waals surface area contributed by atoms with Crippen LogP contribution in [-0.4, -0.2) is 15.7 Å². The molecule has 8 heteroatoms. The molecule has 5 nitrogen and oxygen atoms in total. The van der Waals surface area contributed by atoms with E-state index >= 15 is 0 Å². The van der Waals surface area contributed by atoms with Crippen molar-refractivity contribution in [3.05, 3.63) is 58.0 Å². The summed E-state index contributed by atoms with van der Waals surface area (Å²) in [5.41, 5.74) is -0.462. The van der Waals surface area contributed by atoms with Crippen LogP contribution in [0.5, 0.6) is 0 Å². The van der Waals surface area contributed by atoms with Gasteiger partial charge in [-0.3, -0.25) is 9.59 Å². The van der Waals surface area contributed by atoms with Crippen molar-refractivity contribution < 1.29 is 18.0 Å². The van der Waals surface area contributed by atoms with E-state index in [0.29, 0.717) is 5.69 Å². The topological polar surface area (TPSA) is 64.0 Å². The Bertz CT molecular complexity index is 736. The van der Waals surface area contributed by atoms with E-state index in [1.807, 2.05) is 0 Å². The predicted molar refractivity (Wildman–Crippen MR) is 73.3 cm³/mol. The highest BCUT2D eigenvalue weighted by Crippen LogP contribution is 2.29. The normalized spacial score (nSPS) is 11.3. The number of halogens is 3. The Morgan fingerprint density at radius 3 is 2.41 bits per heavy atom. The summed E-state index contributed by atoms with van der Waals surface area (Å²) >= 11 is 0. The Kier molecular flexibility index (Phi) is 4.30. The zero-order chi connectivity index (χ0) is 16.3. The van der Waals surface area contributed by atoms with Crippen LogP contribution in [0.4, 0.5) is 18.9 Å². The molecule has 0 fully saturated rings. The second kappa shape index (κ2) is 6.00. The lowest BCUT2D eigenvalue weighted by Crippen LogP contribution is -2.29. The van der Waals surface area contributed by atoms with Gasteiger partial charge in [0.25, 0.3) is 5.56 Å². The van der Waals surface area contributed by atoms with Crippen molar-refractivity contribution in [2.24, 2.45) is 0 Å². The lowest BCUT2D eigenvalue weighted by molar-refractivity contribution is -0.137. The fraction of sp³-hybridized carbons (Fsp3) is 0.214. The molecular weight excluding hydrogens is 299 g/mol. The van der Waals surface area contributed by atoms with E-state index < -0.39 is 23.2 Å². The molecule has 0 atom stereocenters. The van der Waals surface area contributed by atoms with Crippen LogP contribution >= 0.6 is 0 Å². The van der Waals surface area contributed by atoms with Gasteiger partial charge in [0.15, 0.2) is 0 Å². The number of aromatic nitrogens is 2. The summed E-state index contributed by atoms with van der Waals surface area (Å²) in [4.78, 5) is 23.3. The first-order chi connectivity index (χ1) is 10.3. The van der Waals surface area contributed by atoms with Crippen LogP contribution in [0.15, 0.2) is 41.2 Å². The lowest BCUT2D eigenvalue weighted by Gasteiger charge is -2.09. The molecule has 0 unspecified atom stereocenters. The molecule has 0 aliphatic carbocycles.